The van der Waals surface area contributed by atoms with E-state index in [1.807, 2.05) is 0 Å². The minimum absolute atomic E-state index is 0.192. The molecule has 1 aromatic carbocycles. The number of amides is 1. The summed E-state index contributed by atoms with van der Waals surface area (Å²) in [5, 5.41) is -0.634. The molecule has 1 saturated heterocycles. The second-order valence-electron chi connectivity index (χ2n) is 4.10. The van der Waals surface area contributed by atoms with Crippen LogP contribution in [0.25, 0.3) is 0 Å². The largest absolute Gasteiger partial charge is 0.276 e. The standard InChI is InChI=1S/C11H10ClNO4S/c1-7-6-18(16,17)13(11(7)15)9-4-2-8(3-5-9)10(12)14/h2-5,7H,6H2,1H3/t7-/m1/s1. The molecule has 1 aliphatic rings. The second kappa shape index (κ2) is 4.37. The van der Waals surface area contributed by atoms with Crippen LogP contribution in [-0.2, 0) is 14.8 Å². The van der Waals surface area contributed by atoms with E-state index in [0.29, 0.717) is 0 Å². The fourth-order valence-corrected chi connectivity index (χ4v) is 3.76. The Morgan fingerprint density at radius 3 is 2.28 bits per heavy atom. The molecular weight excluding hydrogens is 278 g/mol. The monoisotopic (exact) mass is 287 g/mol. The van der Waals surface area contributed by atoms with E-state index in [4.69, 9.17) is 11.6 Å². The van der Waals surface area contributed by atoms with Gasteiger partial charge in [-0.25, -0.2) is 12.7 Å². The van der Waals surface area contributed by atoms with E-state index in [9.17, 15) is 18.0 Å². The van der Waals surface area contributed by atoms with Crippen molar-refractivity contribution in [2.45, 2.75) is 6.92 Å². The average Bonchev–Trinajstić information content (AvgIpc) is 2.48. The fraction of sp³-hybridized carbons (Fsp3) is 0.273. The molecule has 5 nitrogen and oxygen atoms in total. The van der Waals surface area contributed by atoms with Gasteiger partial charge >= 0.3 is 0 Å². The molecule has 0 aliphatic carbocycles. The molecule has 0 bridgehead atoms. The Balaban J connectivity index is 2.43. The highest BCUT2D eigenvalue weighted by Crippen LogP contribution is 2.28. The van der Waals surface area contributed by atoms with Crippen molar-refractivity contribution in [3.05, 3.63) is 29.8 Å². The Morgan fingerprint density at radius 2 is 1.89 bits per heavy atom. The van der Waals surface area contributed by atoms with Crippen LogP contribution in [0.1, 0.15) is 17.3 Å². The third kappa shape index (κ3) is 2.13. The number of sulfonamides is 1. The average molecular weight is 288 g/mol. The van der Waals surface area contributed by atoms with Crippen LogP contribution < -0.4 is 4.31 Å². The van der Waals surface area contributed by atoms with Gasteiger partial charge in [0.25, 0.3) is 5.24 Å². The first-order chi connectivity index (χ1) is 8.33. The van der Waals surface area contributed by atoms with E-state index in [1.165, 1.54) is 24.3 Å². The van der Waals surface area contributed by atoms with Gasteiger partial charge in [0.15, 0.2) is 0 Å². The summed E-state index contributed by atoms with van der Waals surface area (Å²) in [6.07, 6.45) is 0. The third-order valence-electron chi connectivity index (χ3n) is 2.69. The maximum absolute atomic E-state index is 11.8. The molecule has 2 rings (SSSR count). The number of benzene rings is 1. The molecule has 0 aromatic heterocycles. The molecule has 7 heteroatoms. The minimum Gasteiger partial charge on any atom is -0.276 e. The molecule has 0 saturated carbocycles. The SMILES string of the molecule is C[C@@H]1CS(=O)(=O)N(c2ccc(C(=O)Cl)cc2)C1=O. The summed E-state index contributed by atoms with van der Waals surface area (Å²) >= 11 is 5.29. The van der Waals surface area contributed by atoms with Gasteiger partial charge in [0.05, 0.1) is 17.4 Å². The molecule has 1 heterocycles. The van der Waals surface area contributed by atoms with E-state index in [2.05, 4.69) is 0 Å². The van der Waals surface area contributed by atoms with Crippen molar-refractivity contribution in [1.82, 2.24) is 0 Å². The Kier molecular flexibility index (Phi) is 3.16. The highest BCUT2D eigenvalue weighted by molar-refractivity contribution is 7.94. The van der Waals surface area contributed by atoms with Gasteiger partial charge in [-0.1, -0.05) is 6.92 Å². The van der Waals surface area contributed by atoms with Gasteiger partial charge in [-0.3, -0.25) is 9.59 Å². The lowest BCUT2D eigenvalue weighted by atomic mass is 10.2. The normalized spacial score (nSPS) is 22.2. The lowest BCUT2D eigenvalue weighted by Gasteiger charge is -2.15. The number of rotatable bonds is 2. The molecule has 1 aromatic rings. The van der Waals surface area contributed by atoms with Crippen molar-refractivity contribution in [3.63, 3.8) is 0 Å². The van der Waals surface area contributed by atoms with Crippen molar-refractivity contribution >= 4 is 38.5 Å². The van der Waals surface area contributed by atoms with Crippen molar-refractivity contribution in [3.8, 4) is 0 Å². The van der Waals surface area contributed by atoms with Crippen LogP contribution >= 0.6 is 11.6 Å². The fourth-order valence-electron chi connectivity index (χ4n) is 1.81. The van der Waals surface area contributed by atoms with Crippen LogP contribution in [0.2, 0.25) is 0 Å². The van der Waals surface area contributed by atoms with Crippen LogP contribution in [0.5, 0.6) is 0 Å². The Labute approximate surface area is 109 Å². The summed E-state index contributed by atoms with van der Waals surface area (Å²) in [5.74, 6) is -1.20. The van der Waals surface area contributed by atoms with Crippen LogP contribution in [0, 0.1) is 5.92 Å². The lowest BCUT2D eigenvalue weighted by Crippen LogP contribution is -2.30. The first-order valence-electron chi connectivity index (χ1n) is 5.19. The van der Waals surface area contributed by atoms with Crippen molar-refractivity contribution in [1.29, 1.82) is 0 Å². The van der Waals surface area contributed by atoms with Crippen LogP contribution in [0.15, 0.2) is 24.3 Å². The van der Waals surface area contributed by atoms with Gasteiger partial charge < -0.3 is 0 Å². The zero-order valence-corrected chi connectivity index (χ0v) is 11.0. The number of nitrogens with zero attached hydrogens (tertiary/aromatic N) is 1. The van der Waals surface area contributed by atoms with Gasteiger partial charge in [-0.2, -0.15) is 0 Å². The van der Waals surface area contributed by atoms with Gasteiger partial charge in [0.2, 0.25) is 15.9 Å². The summed E-state index contributed by atoms with van der Waals surface area (Å²) in [5.41, 5.74) is 0.475. The summed E-state index contributed by atoms with van der Waals surface area (Å²) in [6, 6.07) is 5.55. The second-order valence-corrected chi connectivity index (χ2v) is 6.31. The summed E-state index contributed by atoms with van der Waals surface area (Å²) in [4.78, 5) is 22.7. The van der Waals surface area contributed by atoms with E-state index >= 15 is 0 Å². The van der Waals surface area contributed by atoms with E-state index in [-0.39, 0.29) is 17.0 Å². The smallest absolute Gasteiger partial charge is 0.252 e. The summed E-state index contributed by atoms with van der Waals surface area (Å²) in [7, 11) is -3.61. The highest BCUT2D eigenvalue weighted by Gasteiger charge is 2.41. The minimum atomic E-state index is -3.61. The van der Waals surface area contributed by atoms with Crippen molar-refractivity contribution in [2.75, 3.05) is 10.1 Å². The van der Waals surface area contributed by atoms with Gasteiger partial charge in [0.1, 0.15) is 0 Å². The number of hydrogen-bond acceptors (Lipinski definition) is 4. The number of halogens is 1. The van der Waals surface area contributed by atoms with Gasteiger partial charge in [0, 0.05) is 5.56 Å². The van der Waals surface area contributed by atoms with E-state index < -0.39 is 27.1 Å². The van der Waals surface area contributed by atoms with Crippen molar-refractivity contribution in [2.24, 2.45) is 5.92 Å². The summed E-state index contributed by atoms with van der Waals surface area (Å²) < 4.78 is 24.4. The maximum Gasteiger partial charge on any atom is 0.252 e. The van der Waals surface area contributed by atoms with Gasteiger partial charge in [-0.15, -0.1) is 0 Å². The Morgan fingerprint density at radius 1 is 1.33 bits per heavy atom. The molecule has 1 amide bonds. The molecule has 0 radical (unpaired) electrons. The van der Waals surface area contributed by atoms with E-state index in [0.717, 1.165) is 4.31 Å². The van der Waals surface area contributed by atoms with Crippen molar-refractivity contribution < 1.29 is 18.0 Å². The highest BCUT2D eigenvalue weighted by atomic mass is 35.5. The lowest BCUT2D eigenvalue weighted by molar-refractivity contribution is -0.119. The molecule has 18 heavy (non-hydrogen) atoms. The molecule has 1 fully saturated rings. The molecule has 1 aliphatic heterocycles. The first-order valence-corrected chi connectivity index (χ1v) is 7.18. The number of hydrogen-bond donors (Lipinski definition) is 0. The first kappa shape index (κ1) is 13.0. The zero-order valence-electron chi connectivity index (χ0n) is 9.46. The molecule has 0 spiro atoms. The third-order valence-corrected chi connectivity index (χ3v) is 4.78. The predicted molar refractivity (Wildman–Crippen MR) is 67.1 cm³/mol. The molecule has 1 atom stereocenters. The van der Waals surface area contributed by atoms with Crippen LogP contribution in [0.4, 0.5) is 5.69 Å². The Hall–Kier alpha value is -1.40. The Bertz CT molecular complexity index is 608. The molecular formula is C11H10ClNO4S. The van der Waals surface area contributed by atoms with Gasteiger partial charge in [-0.05, 0) is 35.9 Å². The number of carbonyl (C=O) groups excluding carboxylic acids is 2. The van der Waals surface area contributed by atoms with E-state index in [1.54, 1.807) is 6.92 Å². The predicted octanol–water partition coefficient (Wildman–Crippen LogP) is 1.38. The maximum atomic E-state index is 11.8. The summed E-state index contributed by atoms with van der Waals surface area (Å²) in [6.45, 7) is 1.57. The number of carbonyl (C=O) groups is 2. The molecule has 96 valence electrons. The quantitative estimate of drug-likeness (QED) is 0.770. The molecule has 0 N–H and O–H groups in total. The number of anilines is 1. The topological polar surface area (TPSA) is 71.5 Å². The van der Waals surface area contributed by atoms with Crippen LogP contribution in [0.3, 0.4) is 0 Å². The van der Waals surface area contributed by atoms with Crippen LogP contribution in [-0.4, -0.2) is 25.3 Å². The molecule has 0 unspecified atom stereocenters. The zero-order chi connectivity index (χ0) is 13.5.